The molecule has 0 aromatic heterocycles. The van der Waals surface area contributed by atoms with Crippen LogP contribution in [0.1, 0.15) is 34.3 Å². The van der Waals surface area contributed by atoms with Gasteiger partial charge in [-0.05, 0) is 60.9 Å². The van der Waals surface area contributed by atoms with Gasteiger partial charge in [-0.3, -0.25) is 4.79 Å². The van der Waals surface area contributed by atoms with Crippen molar-refractivity contribution in [1.29, 1.82) is 0 Å². The molecule has 0 saturated carbocycles. The molecule has 0 spiro atoms. The van der Waals surface area contributed by atoms with E-state index in [1.54, 1.807) is 61.5 Å². The van der Waals surface area contributed by atoms with Crippen molar-refractivity contribution in [2.45, 2.75) is 19.3 Å². The maximum Gasteiger partial charge on any atom is 0.338 e. The number of primary amides is 1. The molecule has 3 aromatic carbocycles. The number of nitrogen functional groups attached to an aromatic ring is 1. The summed E-state index contributed by atoms with van der Waals surface area (Å²) in [5, 5.41) is 5.42. The number of nitrogens with two attached hydrogens (primary N) is 2. The second-order valence-corrected chi connectivity index (χ2v) is 8.04. The quantitative estimate of drug-likeness (QED) is 0.240. The van der Waals surface area contributed by atoms with Crippen molar-refractivity contribution in [2.75, 3.05) is 37.2 Å². The van der Waals surface area contributed by atoms with Crippen molar-refractivity contribution in [3.05, 3.63) is 77.4 Å². The Balaban J connectivity index is 1.82. The third-order valence-electron chi connectivity index (χ3n) is 5.63. The largest absolute Gasteiger partial charge is 0.493 e. The second-order valence-electron chi connectivity index (χ2n) is 8.04. The van der Waals surface area contributed by atoms with E-state index in [9.17, 15) is 14.4 Å². The molecule has 3 aromatic rings. The molecule has 1 atom stereocenters. The first kappa shape index (κ1) is 26.9. The van der Waals surface area contributed by atoms with E-state index in [4.69, 9.17) is 25.7 Å². The maximum absolute atomic E-state index is 12.7. The third kappa shape index (κ3) is 6.69. The van der Waals surface area contributed by atoms with Crippen LogP contribution in [-0.4, -0.2) is 38.7 Å². The highest BCUT2D eigenvalue weighted by molar-refractivity contribution is 6.01. The fourth-order valence-corrected chi connectivity index (χ4v) is 3.79. The minimum Gasteiger partial charge on any atom is -0.493 e. The first-order chi connectivity index (χ1) is 17.8. The van der Waals surface area contributed by atoms with Gasteiger partial charge in [0.05, 0.1) is 43.7 Å². The molecule has 0 bridgehead atoms. The monoisotopic (exact) mass is 506 g/mol. The molecule has 0 heterocycles. The van der Waals surface area contributed by atoms with Crippen LogP contribution in [-0.2, 0) is 16.0 Å². The van der Waals surface area contributed by atoms with Crippen molar-refractivity contribution >= 4 is 35.0 Å². The number of anilines is 3. The molecule has 10 nitrogen and oxygen atoms in total. The van der Waals surface area contributed by atoms with Crippen LogP contribution < -0.4 is 31.6 Å². The predicted molar refractivity (Wildman–Crippen MR) is 141 cm³/mol. The number of ether oxygens (including phenoxy) is 3. The lowest BCUT2D eigenvalue weighted by Crippen LogP contribution is -2.25. The summed E-state index contributed by atoms with van der Waals surface area (Å²) in [7, 11) is 2.90. The number of hydrogen-bond donors (Lipinski definition) is 4. The van der Waals surface area contributed by atoms with E-state index in [0.717, 1.165) is 5.56 Å². The molecule has 0 aliphatic carbocycles. The van der Waals surface area contributed by atoms with Gasteiger partial charge < -0.3 is 36.3 Å². The van der Waals surface area contributed by atoms with E-state index >= 15 is 0 Å². The van der Waals surface area contributed by atoms with Gasteiger partial charge in [0.1, 0.15) is 0 Å². The maximum atomic E-state index is 12.7. The molecule has 10 heteroatoms. The minimum absolute atomic E-state index is 0.159. The Hall–Kier alpha value is -4.73. The Morgan fingerprint density at radius 2 is 1.57 bits per heavy atom. The van der Waals surface area contributed by atoms with Crippen molar-refractivity contribution in [3.63, 3.8) is 0 Å². The molecule has 6 N–H and O–H groups in total. The average molecular weight is 507 g/mol. The summed E-state index contributed by atoms with van der Waals surface area (Å²) in [5.41, 5.74) is 14.4. The Labute approximate surface area is 214 Å². The van der Waals surface area contributed by atoms with Gasteiger partial charge in [-0.2, -0.15) is 0 Å². The summed E-state index contributed by atoms with van der Waals surface area (Å²) in [6.45, 7) is 1.85. The molecule has 0 aliphatic heterocycles. The lowest BCUT2D eigenvalue weighted by Gasteiger charge is -2.20. The smallest absolute Gasteiger partial charge is 0.338 e. The van der Waals surface area contributed by atoms with Gasteiger partial charge in [-0.25, -0.2) is 9.59 Å². The number of carbonyl (C=O) groups excluding carboxylic acids is 3. The SMILES string of the molecule is CCOC(=O)c1cc(OC)c(OC)cc1C(Cc1ccc(NC(=O)Nc2ccccc2N)cc1)C(N)=O. The molecular weight excluding hydrogens is 476 g/mol. The zero-order valence-corrected chi connectivity index (χ0v) is 20.9. The van der Waals surface area contributed by atoms with Gasteiger partial charge >= 0.3 is 12.0 Å². The molecular formula is C27H30N4O6. The number of para-hydroxylation sites is 2. The van der Waals surface area contributed by atoms with Crippen molar-refractivity contribution in [1.82, 2.24) is 0 Å². The zero-order valence-electron chi connectivity index (χ0n) is 20.9. The van der Waals surface area contributed by atoms with Gasteiger partial charge in [0.2, 0.25) is 5.91 Å². The average Bonchev–Trinajstić information content (AvgIpc) is 2.88. The number of rotatable bonds is 10. The van der Waals surface area contributed by atoms with E-state index in [-0.39, 0.29) is 18.6 Å². The van der Waals surface area contributed by atoms with Crippen LogP contribution in [0.3, 0.4) is 0 Å². The standard InChI is InChI=1S/C27H30N4O6/c1-4-37-26(33)20-15-24(36-3)23(35-2)14-18(20)19(25(29)32)13-16-9-11-17(12-10-16)30-27(34)31-22-8-6-5-7-21(22)28/h5-12,14-15,19H,4,13,28H2,1-3H3,(H2,29,32)(H2,30,31,34). The summed E-state index contributed by atoms with van der Waals surface area (Å²) < 4.78 is 15.9. The topological polar surface area (TPSA) is 155 Å². The minimum atomic E-state index is -0.859. The predicted octanol–water partition coefficient (Wildman–Crippen LogP) is 3.92. The van der Waals surface area contributed by atoms with Crippen LogP contribution >= 0.6 is 0 Å². The molecule has 1 unspecified atom stereocenters. The number of hydrogen-bond acceptors (Lipinski definition) is 7. The molecule has 3 rings (SSSR count). The number of esters is 1. The second kappa shape index (κ2) is 12.3. The van der Waals surface area contributed by atoms with Crippen LogP contribution in [0.2, 0.25) is 0 Å². The summed E-state index contributed by atoms with van der Waals surface area (Å²) in [4.78, 5) is 37.5. The van der Waals surface area contributed by atoms with Crippen molar-refractivity contribution in [3.8, 4) is 11.5 Å². The lowest BCUT2D eigenvalue weighted by molar-refractivity contribution is -0.119. The number of carbonyl (C=O) groups is 3. The number of benzene rings is 3. The number of amides is 3. The van der Waals surface area contributed by atoms with Gasteiger partial charge in [0, 0.05) is 5.69 Å². The van der Waals surface area contributed by atoms with Gasteiger partial charge in [-0.1, -0.05) is 24.3 Å². The van der Waals surface area contributed by atoms with Crippen LogP contribution in [0, 0.1) is 0 Å². The Morgan fingerprint density at radius 3 is 2.16 bits per heavy atom. The van der Waals surface area contributed by atoms with E-state index in [1.807, 2.05) is 0 Å². The van der Waals surface area contributed by atoms with Crippen molar-refractivity contribution in [2.24, 2.45) is 5.73 Å². The van der Waals surface area contributed by atoms with Crippen molar-refractivity contribution < 1.29 is 28.6 Å². The van der Waals surface area contributed by atoms with Crippen LogP contribution in [0.4, 0.5) is 21.9 Å². The van der Waals surface area contributed by atoms with E-state index in [1.165, 1.54) is 20.3 Å². The highest BCUT2D eigenvalue weighted by Crippen LogP contribution is 2.36. The molecule has 0 radical (unpaired) electrons. The molecule has 3 amide bonds. The first-order valence-corrected chi connectivity index (χ1v) is 11.5. The van der Waals surface area contributed by atoms with Crippen LogP contribution in [0.5, 0.6) is 11.5 Å². The third-order valence-corrected chi connectivity index (χ3v) is 5.63. The fraction of sp³-hybridized carbons (Fsp3) is 0.222. The number of nitrogens with one attached hydrogen (secondary N) is 2. The Morgan fingerprint density at radius 1 is 0.919 bits per heavy atom. The molecule has 37 heavy (non-hydrogen) atoms. The Bertz CT molecular complexity index is 1280. The van der Waals surface area contributed by atoms with Gasteiger partial charge in [0.15, 0.2) is 11.5 Å². The molecule has 0 saturated heterocycles. The molecule has 0 fully saturated rings. The number of urea groups is 1. The zero-order chi connectivity index (χ0) is 26.9. The van der Waals surface area contributed by atoms with Crippen LogP contribution in [0.15, 0.2) is 60.7 Å². The summed E-state index contributed by atoms with van der Waals surface area (Å²) in [5.74, 6) is -1.42. The fourth-order valence-electron chi connectivity index (χ4n) is 3.79. The van der Waals surface area contributed by atoms with Gasteiger partial charge in [0.25, 0.3) is 0 Å². The van der Waals surface area contributed by atoms with Crippen LogP contribution in [0.25, 0.3) is 0 Å². The number of methoxy groups -OCH3 is 2. The lowest BCUT2D eigenvalue weighted by atomic mass is 9.87. The molecule has 0 aliphatic rings. The Kier molecular flexibility index (Phi) is 8.93. The summed E-state index contributed by atoms with van der Waals surface area (Å²) >= 11 is 0. The summed E-state index contributed by atoms with van der Waals surface area (Å²) in [6, 6.07) is 16.4. The van der Waals surface area contributed by atoms with Gasteiger partial charge in [-0.15, -0.1) is 0 Å². The summed E-state index contributed by atoms with van der Waals surface area (Å²) in [6.07, 6.45) is 0.199. The van der Waals surface area contributed by atoms with E-state index in [2.05, 4.69) is 10.6 Å². The van der Waals surface area contributed by atoms with E-state index in [0.29, 0.717) is 34.1 Å². The van der Waals surface area contributed by atoms with E-state index < -0.39 is 23.8 Å². The molecule has 194 valence electrons. The normalized spacial score (nSPS) is 11.2. The highest BCUT2D eigenvalue weighted by atomic mass is 16.5. The first-order valence-electron chi connectivity index (χ1n) is 11.5. The highest BCUT2D eigenvalue weighted by Gasteiger charge is 2.27.